The number of aromatic nitrogens is 1. The Balaban J connectivity index is 1.47. The molecule has 3 aliphatic heterocycles. The van der Waals surface area contributed by atoms with Crippen molar-refractivity contribution in [3.8, 4) is 11.1 Å². The highest BCUT2D eigenvalue weighted by molar-refractivity contribution is 5.88. The average Bonchev–Trinajstić information content (AvgIpc) is 3.44. The molecular weight excluding hydrogens is 634 g/mol. The van der Waals surface area contributed by atoms with Gasteiger partial charge < -0.3 is 14.7 Å². The Morgan fingerprint density at radius 2 is 1.76 bits per heavy atom. The number of fused-ring (bicyclic) bond motifs is 1. The van der Waals surface area contributed by atoms with Crippen LogP contribution in [0.1, 0.15) is 99.2 Å². The van der Waals surface area contributed by atoms with Crippen LogP contribution in [0.5, 0.6) is 0 Å². The number of ether oxygens (including phenoxy) is 1. The van der Waals surface area contributed by atoms with Crippen molar-refractivity contribution in [2.24, 2.45) is 5.41 Å². The summed E-state index contributed by atoms with van der Waals surface area (Å²) in [7, 11) is 0. The van der Waals surface area contributed by atoms with Crippen LogP contribution in [0, 0.1) is 25.1 Å². The van der Waals surface area contributed by atoms with Crippen LogP contribution >= 0.6 is 0 Å². The van der Waals surface area contributed by atoms with E-state index in [1.807, 2.05) is 40.7 Å². The highest BCUT2D eigenvalue weighted by Gasteiger charge is 2.38. The first kappa shape index (κ1) is 36.4. The zero-order valence-corrected chi connectivity index (χ0v) is 30.9. The zero-order valence-electron chi connectivity index (χ0n) is 30.9. The fourth-order valence-corrected chi connectivity index (χ4v) is 7.86. The third-order valence-electron chi connectivity index (χ3n) is 10.7. The summed E-state index contributed by atoms with van der Waals surface area (Å²) in [4.78, 5) is 25.1. The Labute approximate surface area is 296 Å². The lowest BCUT2D eigenvalue weighted by Crippen LogP contribution is -2.39. The number of halogens is 2. The van der Waals surface area contributed by atoms with Gasteiger partial charge in [-0.05, 0) is 106 Å². The molecule has 1 aromatic heterocycles. The Morgan fingerprint density at radius 1 is 1.02 bits per heavy atom. The van der Waals surface area contributed by atoms with Crippen molar-refractivity contribution in [3.05, 3.63) is 81.4 Å². The highest BCUT2D eigenvalue weighted by Crippen LogP contribution is 2.46. The lowest BCUT2D eigenvalue weighted by Gasteiger charge is -2.41. The first-order valence-corrected chi connectivity index (χ1v) is 18.2. The summed E-state index contributed by atoms with van der Waals surface area (Å²) >= 11 is 0. The van der Waals surface area contributed by atoms with Gasteiger partial charge in [-0.3, -0.25) is 14.8 Å². The van der Waals surface area contributed by atoms with Gasteiger partial charge in [0.2, 0.25) is 0 Å². The standard InChI is InChI=1S/C41H54F2N4O3/c1-26-20-32(42)11-10-30(26)22-45-16-12-28-21-29(8-9-31(28)23-45)36-34(25-46-17-13-33(43)24-46)44-27(2)35(38(39(48)49)50-40(3,4)5)37(36)47-18-14-41(6,7)15-19-47/h8-11,20-21,33,38H,12-19,22-25H2,1-7H3,(H,48,49)/t33?,38-/m0/s1. The van der Waals surface area contributed by atoms with E-state index in [4.69, 9.17) is 9.72 Å². The fourth-order valence-electron chi connectivity index (χ4n) is 7.86. The predicted octanol–water partition coefficient (Wildman–Crippen LogP) is 8.17. The second-order valence-electron chi connectivity index (χ2n) is 16.5. The second kappa shape index (κ2) is 14.3. The normalized spacial score (nSPS) is 20.6. The quantitative estimate of drug-likeness (QED) is 0.243. The van der Waals surface area contributed by atoms with Crippen molar-refractivity contribution in [3.63, 3.8) is 0 Å². The first-order chi connectivity index (χ1) is 23.6. The lowest BCUT2D eigenvalue weighted by atomic mass is 9.81. The molecule has 3 aromatic rings. The molecule has 0 spiro atoms. The number of piperidine rings is 1. The molecule has 0 aliphatic carbocycles. The van der Waals surface area contributed by atoms with Gasteiger partial charge in [0, 0.05) is 69.2 Å². The summed E-state index contributed by atoms with van der Waals surface area (Å²) < 4.78 is 34.6. The van der Waals surface area contributed by atoms with Gasteiger partial charge in [-0.15, -0.1) is 0 Å². The molecule has 6 rings (SSSR count). The van der Waals surface area contributed by atoms with Crippen LogP contribution < -0.4 is 4.90 Å². The molecule has 270 valence electrons. The number of pyridine rings is 1. The molecule has 1 N–H and O–H groups in total. The van der Waals surface area contributed by atoms with Crippen LogP contribution in [0.2, 0.25) is 0 Å². The molecule has 0 saturated carbocycles. The van der Waals surface area contributed by atoms with E-state index < -0.39 is 23.8 Å². The minimum absolute atomic E-state index is 0.186. The monoisotopic (exact) mass is 688 g/mol. The minimum Gasteiger partial charge on any atom is -0.479 e. The smallest absolute Gasteiger partial charge is 0.337 e. The van der Waals surface area contributed by atoms with Crippen LogP contribution in [0.3, 0.4) is 0 Å². The molecule has 9 heteroatoms. The summed E-state index contributed by atoms with van der Waals surface area (Å²) in [5.74, 6) is -1.25. The van der Waals surface area contributed by atoms with Crippen molar-refractivity contribution < 1.29 is 23.4 Å². The van der Waals surface area contributed by atoms with E-state index in [2.05, 4.69) is 46.7 Å². The van der Waals surface area contributed by atoms with Gasteiger partial charge in [-0.25, -0.2) is 13.6 Å². The molecule has 0 bridgehead atoms. The van der Waals surface area contributed by atoms with Crippen LogP contribution in [0.25, 0.3) is 11.1 Å². The Hall–Kier alpha value is -3.40. The predicted molar refractivity (Wildman–Crippen MR) is 195 cm³/mol. The van der Waals surface area contributed by atoms with Crippen LogP contribution in [0.15, 0.2) is 36.4 Å². The minimum atomic E-state index is -1.21. The molecule has 2 fully saturated rings. The third-order valence-corrected chi connectivity index (χ3v) is 10.7. The lowest BCUT2D eigenvalue weighted by molar-refractivity contribution is -0.160. The summed E-state index contributed by atoms with van der Waals surface area (Å²) in [6.45, 7) is 19.6. The molecule has 2 atom stereocenters. The number of carboxylic acids is 1. The van der Waals surface area contributed by atoms with Crippen LogP contribution in [-0.2, 0) is 35.6 Å². The van der Waals surface area contributed by atoms with Gasteiger partial charge in [0.05, 0.1) is 17.0 Å². The van der Waals surface area contributed by atoms with Crippen molar-refractivity contribution in [1.29, 1.82) is 0 Å². The number of hydrogen-bond acceptors (Lipinski definition) is 6. The maximum absolute atomic E-state index is 14.5. The van der Waals surface area contributed by atoms with E-state index in [0.717, 1.165) is 85.6 Å². The van der Waals surface area contributed by atoms with E-state index in [1.165, 1.54) is 17.2 Å². The van der Waals surface area contributed by atoms with Crippen molar-refractivity contribution in [2.45, 2.75) is 112 Å². The van der Waals surface area contributed by atoms with E-state index in [0.29, 0.717) is 37.3 Å². The molecule has 3 aliphatic rings. The zero-order chi connectivity index (χ0) is 36.0. The van der Waals surface area contributed by atoms with E-state index in [9.17, 15) is 18.7 Å². The molecule has 4 heterocycles. The van der Waals surface area contributed by atoms with Crippen LogP contribution in [0.4, 0.5) is 14.5 Å². The van der Waals surface area contributed by atoms with Crippen molar-refractivity contribution in [2.75, 3.05) is 37.6 Å². The Bertz CT molecular complexity index is 1730. The van der Waals surface area contributed by atoms with Gasteiger partial charge >= 0.3 is 5.97 Å². The molecule has 2 saturated heterocycles. The van der Waals surface area contributed by atoms with Gasteiger partial charge in [0.1, 0.15) is 12.0 Å². The van der Waals surface area contributed by atoms with Crippen molar-refractivity contribution in [1.82, 2.24) is 14.8 Å². The van der Waals surface area contributed by atoms with E-state index >= 15 is 0 Å². The van der Waals surface area contributed by atoms with Gasteiger partial charge in [-0.1, -0.05) is 38.1 Å². The molecule has 50 heavy (non-hydrogen) atoms. The third kappa shape index (κ3) is 8.21. The molecular formula is C41H54F2N4O3. The number of likely N-dealkylation sites (tertiary alicyclic amines) is 1. The summed E-state index contributed by atoms with van der Waals surface area (Å²) in [6, 6.07) is 11.6. The molecule has 0 radical (unpaired) electrons. The van der Waals surface area contributed by atoms with E-state index in [-0.39, 0.29) is 11.2 Å². The van der Waals surface area contributed by atoms with Gasteiger partial charge in [0.15, 0.2) is 6.10 Å². The summed E-state index contributed by atoms with van der Waals surface area (Å²) in [5, 5.41) is 10.7. The largest absolute Gasteiger partial charge is 0.479 e. The molecule has 7 nitrogen and oxygen atoms in total. The number of nitrogens with zero attached hydrogens (tertiary/aromatic N) is 4. The molecule has 1 unspecified atom stereocenters. The summed E-state index contributed by atoms with van der Waals surface area (Å²) in [5.41, 5.74) is 9.01. The number of carbonyl (C=O) groups is 1. The number of carboxylic acid groups (broad SMARTS) is 1. The maximum atomic E-state index is 14.5. The molecule has 0 amide bonds. The first-order valence-electron chi connectivity index (χ1n) is 18.2. The maximum Gasteiger partial charge on any atom is 0.337 e. The SMILES string of the molecule is Cc1cc(F)ccc1CN1CCc2cc(-c3c(CN4CCC(F)C4)nc(C)c([C@H](OC(C)(C)C)C(=O)O)c3N3CCC(C)(C)CC3)ccc2C1. The fraction of sp³-hybridized carbons (Fsp3) is 0.561. The van der Waals surface area contributed by atoms with Crippen LogP contribution in [-0.4, -0.2) is 70.4 Å². The van der Waals surface area contributed by atoms with E-state index in [1.54, 1.807) is 6.07 Å². The second-order valence-corrected chi connectivity index (χ2v) is 16.5. The number of anilines is 1. The number of hydrogen-bond donors (Lipinski definition) is 1. The topological polar surface area (TPSA) is 69.1 Å². The number of aryl methyl sites for hydroxylation is 2. The number of benzene rings is 2. The van der Waals surface area contributed by atoms with Gasteiger partial charge in [-0.2, -0.15) is 0 Å². The summed E-state index contributed by atoms with van der Waals surface area (Å²) in [6.07, 6.45) is 1.26. The number of aliphatic carboxylic acids is 1. The Kier molecular flexibility index (Phi) is 10.4. The molecule has 2 aromatic carbocycles. The Morgan fingerprint density at radius 3 is 2.40 bits per heavy atom. The van der Waals surface area contributed by atoms with Gasteiger partial charge in [0.25, 0.3) is 0 Å². The van der Waals surface area contributed by atoms with Crippen molar-refractivity contribution >= 4 is 11.7 Å². The number of rotatable bonds is 9. The highest BCUT2D eigenvalue weighted by atomic mass is 19.1. The number of alkyl halides is 1. The average molecular weight is 689 g/mol.